The molecule has 3 amide bonds. The molecular weight excluding hydrogens is 354 g/mol. The fraction of sp³-hybridized carbons (Fsp3) is 0.333. The van der Waals surface area contributed by atoms with Gasteiger partial charge < -0.3 is 25.4 Å². The number of nitrogens with one attached hydrogen (secondary N) is 1. The van der Waals surface area contributed by atoms with Crippen LogP contribution >= 0.6 is 11.3 Å². The van der Waals surface area contributed by atoms with Crippen molar-refractivity contribution in [1.82, 2.24) is 10.2 Å². The molecule has 3 N–H and O–H groups in total. The molecule has 0 aliphatic carbocycles. The third kappa shape index (κ3) is 3.91. The maximum atomic E-state index is 12.3. The van der Waals surface area contributed by atoms with E-state index in [2.05, 4.69) is 24.4 Å². The van der Waals surface area contributed by atoms with Crippen molar-refractivity contribution < 1.29 is 19.1 Å². The SMILES string of the molecule is COc1cc(-c2ccc(C)s2)cc2c1OCCN(C(=O)CNC(N)=O)C2. The molecule has 0 fully saturated rings. The number of ether oxygens (including phenoxy) is 2. The van der Waals surface area contributed by atoms with Crippen LogP contribution in [-0.4, -0.2) is 43.6 Å². The summed E-state index contributed by atoms with van der Waals surface area (Å²) >= 11 is 1.70. The number of benzene rings is 1. The molecule has 1 aromatic heterocycles. The first kappa shape index (κ1) is 18.1. The molecular formula is C18H21N3O4S. The first-order chi connectivity index (χ1) is 12.5. The molecule has 0 unspecified atom stereocenters. The smallest absolute Gasteiger partial charge is 0.312 e. The van der Waals surface area contributed by atoms with Gasteiger partial charge in [-0.05, 0) is 36.8 Å². The summed E-state index contributed by atoms with van der Waals surface area (Å²) in [7, 11) is 1.60. The minimum absolute atomic E-state index is 0.133. The number of methoxy groups -OCH3 is 1. The molecule has 138 valence electrons. The van der Waals surface area contributed by atoms with E-state index >= 15 is 0 Å². The monoisotopic (exact) mass is 375 g/mol. The topological polar surface area (TPSA) is 93.9 Å². The van der Waals surface area contributed by atoms with E-state index in [9.17, 15) is 9.59 Å². The van der Waals surface area contributed by atoms with Crippen molar-refractivity contribution in [2.45, 2.75) is 13.5 Å². The number of nitrogens with two attached hydrogens (primary N) is 1. The Kier molecular flexibility index (Phi) is 5.32. The summed E-state index contributed by atoms with van der Waals surface area (Å²) in [5, 5.41) is 2.33. The van der Waals surface area contributed by atoms with Crippen LogP contribution in [0.4, 0.5) is 4.79 Å². The van der Waals surface area contributed by atoms with E-state index in [-0.39, 0.29) is 12.5 Å². The molecule has 1 aromatic carbocycles. The van der Waals surface area contributed by atoms with Gasteiger partial charge in [0.2, 0.25) is 5.91 Å². The fourth-order valence-electron chi connectivity index (χ4n) is 2.85. The molecule has 7 nitrogen and oxygen atoms in total. The van der Waals surface area contributed by atoms with Gasteiger partial charge in [0.1, 0.15) is 6.61 Å². The van der Waals surface area contributed by atoms with Gasteiger partial charge in [0, 0.05) is 21.9 Å². The predicted octanol–water partition coefficient (Wildman–Crippen LogP) is 2.12. The summed E-state index contributed by atoms with van der Waals surface area (Å²) < 4.78 is 11.4. The van der Waals surface area contributed by atoms with Crippen LogP contribution < -0.4 is 20.5 Å². The van der Waals surface area contributed by atoms with Crippen molar-refractivity contribution in [3.05, 3.63) is 34.7 Å². The minimum Gasteiger partial charge on any atom is -0.493 e. The van der Waals surface area contributed by atoms with Gasteiger partial charge in [-0.2, -0.15) is 0 Å². The van der Waals surface area contributed by atoms with E-state index in [1.807, 2.05) is 12.1 Å². The lowest BCUT2D eigenvalue weighted by Crippen LogP contribution is -2.42. The van der Waals surface area contributed by atoms with Gasteiger partial charge >= 0.3 is 6.03 Å². The summed E-state index contributed by atoms with van der Waals surface area (Å²) in [4.78, 5) is 27.2. The number of hydrogen-bond donors (Lipinski definition) is 2. The maximum Gasteiger partial charge on any atom is 0.312 e. The van der Waals surface area contributed by atoms with Crippen LogP contribution in [0.25, 0.3) is 10.4 Å². The summed E-state index contributed by atoms with van der Waals surface area (Å²) in [6, 6.07) is 7.40. The molecule has 3 rings (SSSR count). The quantitative estimate of drug-likeness (QED) is 0.856. The van der Waals surface area contributed by atoms with E-state index in [1.54, 1.807) is 23.3 Å². The average Bonchev–Trinajstić information content (AvgIpc) is 2.93. The Hall–Kier alpha value is -2.74. The van der Waals surface area contributed by atoms with Crippen LogP contribution in [0.5, 0.6) is 11.5 Å². The summed E-state index contributed by atoms with van der Waals surface area (Å²) in [6.07, 6.45) is 0. The number of carbonyl (C=O) groups is 2. The number of primary amides is 1. The zero-order chi connectivity index (χ0) is 18.7. The molecule has 0 radical (unpaired) electrons. The molecule has 1 aliphatic rings. The summed E-state index contributed by atoms with van der Waals surface area (Å²) in [6.45, 7) is 3.08. The van der Waals surface area contributed by atoms with E-state index in [0.29, 0.717) is 31.2 Å². The van der Waals surface area contributed by atoms with E-state index in [0.717, 1.165) is 16.0 Å². The molecule has 8 heteroatoms. The maximum absolute atomic E-state index is 12.3. The zero-order valence-corrected chi connectivity index (χ0v) is 15.5. The molecule has 2 heterocycles. The third-order valence-electron chi connectivity index (χ3n) is 4.11. The largest absolute Gasteiger partial charge is 0.493 e. The molecule has 0 saturated heterocycles. The third-order valence-corrected chi connectivity index (χ3v) is 5.16. The number of nitrogens with zero attached hydrogens (tertiary/aromatic N) is 1. The zero-order valence-electron chi connectivity index (χ0n) is 14.7. The number of thiophene rings is 1. The summed E-state index contributed by atoms with van der Waals surface area (Å²) in [5.74, 6) is 1.09. The highest BCUT2D eigenvalue weighted by atomic mass is 32.1. The molecule has 0 saturated carbocycles. The predicted molar refractivity (Wildman–Crippen MR) is 99.5 cm³/mol. The number of aryl methyl sites for hydroxylation is 1. The molecule has 2 aromatic rings. The van der Waals surface area contributed by atoms with Gasteiger partial charge in [0.15, 0.2) is 11.5 Å². The van der Waals surface area contributed by atoms with Crippen molar-refractivity contribution in [1.29, 1.82) is 0 Å². The second-order valence-corrected chi connectivity index (χ2v) is 7.25. The first-order valence-corrected chi connectivity index (χ1v) is 9.01. The number of carbonyl (C=O) groups excluding carboxylic acids is 2. The normalized spacial score (nSPS) is 13.4. The van der Waals surface area contributed by atoms with E-state index in [1.165, 1.54) is 4.88 Å². The second kappa shape index (κ2) is 7.65. The van der Waals surface area contributed by atoms with Crippen LogP contribution in [0.1, 0.15) is 10.4 Å². The highest BCUT2D eigenvalue weighted by Crippen LogP contribution is 2.39. The lowest BCUT2D eigenvalue weighted by atomic mass is 10.1. The van der Waals surface area contributed by atoms with Gasteiger partial charge in [-0.1, -0.05) is 0 Å². The standard InChI is InChI=1S/C18H21N3O4S/c1-11-3-4-15(26-11)12-7-13-10-21(16(22)9-20-18(19)23)5-6-25-17(13)14(8-12)24-2/h3-4,7-8H,5-6,9-10H2,1-2H3,(H3,19,20,23). The molecule has 1 aliphatic heterocycles. The van der Waals surface area contributed by atoms with Gasteiger partial charge in [0.05, 0.1) is 20.2 Å². The highest BCUT2D eigenvalue weighted by Gasteiger charge is 2.23. The highest BCUT2D eigenvalue weighted by molar-refractivity contribution is 7.15. The van der Waals surface area contributed by atoms with Crippen molar-refractivity contribution in [3.63, 3.8) is 0 Å². The minimum atomic E-state index is -0.721. The Labute approximate surface area is 155 Å². The Morgan fingerprint density at radius 2 is 2.19 bits per heavy atom. The van der Waals surface area contributed by atoms with Crippen molar-refractivity contribution >= 4 is 23.3 Å². The van der Waals surface area contributed by atoms with Gasteiger partial charge in [0.25, 0.3) is 0 Å². The van der Waals surface area contributed by atoms with Gasteiger partial charge in [-0.25, -0.2) is 4.79 Å². The van der Waals surface area contributed by atoms with Crippen molar-refractivity contribution in [2.75, 3.05) is 26.8 Å². The molecule has 26 heavy (non-hydrogen) atoms. The van der Waals surface area contributed by atoms with Crippen LogP contribution in [0.15, 0.2) is 24.3 Å². The number of amides is 3. The van der Waals surface area contributed by atoms with Crippen LogP contribution in [0.2, 0.25) is 0 Å². The second-order valence-electron chi connectivity index (χ2n) is 5.96. The van der Waals surface area contributed by atoms with Crippen LogP contribution in [-0.2, 0) is 11.3 Å². The molecule has 0 atom stereocenters. The fourth-order valence-corrected chi connectivity index (χ4v) is 3.71. The van der Waals surface area contributed by atoms with Gasteiger partial charge in [-0.15, -0.1) is 11.3 Å². The van der Waals surface area contributed by atoms with Gasteiger partial charge in [-0.3, -0.25) is 4.79 Å². The molecule has 0 spiro atoms. The number of hydrogen-bond acceptors (Lipinski definition) is 5. The van der Waals surface area contributed by atoms with E-state index < -0.39 is 6.03 Å². The average molecular weight is 375 g/mol. The Balaban J connectivity index is 1.91. The number of rotatable bonds is 4. The number of fused-ring (bicyclic) bond motifs is 1. The summed E-state index contributed by atoms with van der Waals surface area (Å²) in [5.41, 5.74) is 6.93. The van der Waals surface area contributed by atoms with Crippen LogP contribution in [0.3, 0.4) is 0 Å². The lowest BCUT2D eigenvalue weighted by Gasteiger charge is -2.20. The molecule has 0 bridgehead atoms. The first-order valence-electron chi connectivity index (χ1n) is 8.19. The van der Waals surface area contributed by atoms with E-state index in [4.69, 9.17) is 15.2 Å². The Morgan fingerprint density at radius 1 is 1.38 bits per heavy atom. The Bertz CT molecular complexity index is 834. The van der Waals surface area contributed by atoms with Crippen molar-refractivity contribution in [3.8, 4) is 21.9 Å². The Morgan fingerprint density at radius 3 is 2.85 bits per heavy atom. The van der Waals surface area contributed by atoms with Crippen molar-refractivity contribution in [2.24, 2.45) is 5.73 Å². The number of urea groups is 1. The van der Waals surface area contributed by atoms with Crippen LogP contribution in [0, 0.1) is 6.92 Å². The lowest BCUT2D eigenvalue weighted by molar-refractivity contribution is -0.130.